The van der Waals surface area contributed by atoms with E-state index in [1.165, 1.54) is 25.8 Å². The van der Waals surface area contributed by atoms with E-state index in [-0.39, 0.29) is 5.54 Å². The van der Waals surface area contributed by atoms with Crippen LogP contribution in [0.25, 0.3) is 0 Å². The summed E-state index contributed by atoms with van der Waals surface area (Å²) in [6.45, 7) is 6.80. The predicted octanol–water partition coefficient (Wildman–Crippen LogP) is 0.751. The molecule has 0 bridgehead atoms. The van der Waals surface area contributed by atoms with E-state index in [1.54, 1.807) is 0 Å². The van der Waals surface area contributed by atoms with Gasteiger partial charge in [-0.05, 0) is 39.9 Å². The highest BCUT2D eigenvalue weighted by atomic mass is 15.2. The maximum Gasteiger partial charge on any atom is 0.0284 e. The summed E-state index contributed by atoms with van der Waals surface area (Å²) >= 11 is 0. The summed E-state index contributed by atoms with van der Waals surface area (Å²) in [7, 11) is 4.25. The third kappa shape index (κ3) is 4.40. The second-order valence-corrected chi connectivity index (χ2v) is 4.94. The van der Waals surface area contributed by atoms with Gasteiger partial charge in [0.25, 0.3) is 0 Å². The minimum Gasteiger partial charge on any atom is -0.324 e. The normalized spacial score (nSPS) is 19.3. The summed E-state index contributed by atoms with van der Waals surface area (Å²) in [5, 5.41) is 0. The Hall–Kier alpha value is -0.120. The van der Waals surface area contributed by atoms with Gasteiger partial charge in [-0.15, -0.1) is 0 Å². The van der Waals surface area contributed by atoms with E-state index in [1.807, 2.05) is 0 Å². The average Bonchev–Trinajstić information content (AvgIpc) is 2.80. The molecule has 0 aromatic heterocycles. The zero-order valence-corrected chi connectivity index (χ0v) is 9.92. The Morgan fingerprint density at radius 2 is 1.79 bits per heavy atom. The number of nitrogens with two attached hydrogens (primary N) is 1. The molecule has 1 rings (SSSR count). The Labute approximate surface area is 88.2 Å². The van der Waals surface area contributed by atoms with Crippen LogP contribution in [0.1, 0.15) is 26.2 Å². The molecular weight excluding hydrogens is 174 g/mol. The van der Waals surface area contributed by atoms with Gasteiger partial charge in [0.1, 0.15) is 0 Å². The fourth-order valence-corrected chi connectivity index (χ4v) is 1.69. The fourth-order valence-electron chi connectivity index (χ4n) is 1.69. The van der Waals surface area contributed by atoms with Crippen LogP contribution in [0.15, 0.2) is 0 Å². The van der Waals surface area contributed by atoms with Crippen molar-refractivity contribution in [3.63, 3.8) is 0 Å². The van der Waals surface area contributed by atoms with E-state index >= 15 is 0 Å². The molecule has 14 heavy (non-hydrogen) atoms. The highest BCUT2D eigenvalue weighted by Crippen LogP contribution is 2.32. The van der Waals surface area contributed by atoms with Crippen molar-refractivity contribution in [2.24, 2.45) is 5.73 Å². The zero-order valence-electron chi connectivity index (χ0n) is 9.92. The van der Waals surface area contributed by atoms with Crippen LogP contribution < -0.4 is 5.73 Å². The molecule has 0 atom stereocenters. The molecule has 3 heteroatoms. The molecule has 84 valence electrons. The molecule has 0 spiro atoms. The van der Waals surface area contributed by atoms with Gasteiger partial charge in [0.05, 0.1) is 0 Å². The zero-order chi connectivity index (χ0) is 10.6. The SMILES string of the molecule is CCCN(CCN(C)C)CC1(N)CC1. The first-order valence-corrected chi connectivity index (χ1v) is 5.72. The molecule has 0 unspecified atom stereocenters. The highest BCUT2D eigenvalue weighted by Gasteiger charge is 2.39. The van der Waals surface area contributed by atoms with Crippen LogP contribution in [0.2, 0.25) is 0 Å². The van der Waals surface area contributed by atoms with E-state index in [2.05, 4.69) is 30.8 Å². The summed E-state index contributed by atoms with van der Waals surface area (Å²) in [5.41, 5.74) is 6.30. The van der Waals surface area contributed by atoms with Crippen molar-refractivity contribution in [2.75, 3.05) is 40.3 Å². The van der Waals surface area contributed by atoms with Crippen LogP contribution in [0.3, 0.4) is 0 Å². The van der Waals surface area contributed by atoms with Crippen LogP contribution in [0.5, 0.6) is 0 Å². The summed E-state index contributed by atoms with van der Waals surface area (Å²) < 4.78 is 0. The van der Waals surface area contributed by atoms with E-state index in [0.29, 0.717) is 0 Å². The van der Waals surface area contributed by atoms with E-state index < -0.39 is 0 Å². The maximum absolute atomic E-state index is 6.13. The summed E-state index contributed by atoms with van der Waals surface area (Å²) in [4.78, 5) is 4.74. The Morgan fingerprint density at radius 3 is 2.21 bits per heavy atom. The van der Waals surface area contributed by atoms with Crippen molar-refractivity contribution in [2.45, 2.75) is 31.7 Å². The molecule has 2 N–H and O–H groups in total. The van der Waals surface area contributed by atoms with Crippen molar-refractivity contribution in [3.05, 3.63) is 0 Å². The monoisotopic (exact) mass is 199 g/mol. The lowest BCUT2D eigenvalue weighted by molar-refractivity contribution is 0.224. The van der Waals surface area contributed by atoms with Gasteiger partial charge in [0.2, 0.25) is 0 Å². The lowest BCUT2D eigenvalue weighted by Crippen LogP contribution is -2.42. The first-order chi connectivity index (χ1) is 6.56. The van der Waals surface area contributed by atoms with E-state index in [0.717, 1.165) is 19.6 Å². The van der Waals surface area contributed by atoms with Crippen molar-refractivity contribution >= 4 is 0 Å². The van der Waals surface area contributed by atoms with Gasteiger partial charge in [-0.1, -0.05) is 6.92 Å². The molecule has 1 aliphatic carbocycles. The van der Waals surface area contributed by atoms with Crippen LogP contribution in [0, 0.1) is 0 Å². The highest BCUT2D eigenvalue weighted by molar-refractivity contribution is 5.01. The second kappa shape index (κ2) is 5.10. The van der Waals surface area contributed by atoms with Gasteiger partial charge in [0.15, 0.2) is 0 Å². The molecule has 1 saturated carbocycles. The molecule has 1 fully saturated rings. The predicted molar refractivity (Wildman–Crippen MR) is 61.4 cm³/mol. The Morgan fingerprint density at radius 1 is 1.14 bits per heavy atom. The van der Waals surface area contributed by atoms with E-state index in [4.69, 9.17) is 5.73 Å². The Balaban J connectivity index is 2.23. The third-order valence-electron chi connectivity index (χ3n) is 2.83. The van der Waals surface area contributed by atoms with Gasteiger partial charge in [-0.25, -0.2) is 0 Å². The molecule has 0 heterocycles. The number of rotatable bonds is 7. The summed E-state index contributed by atoms with van der Waals surface area (Å²) in [6.07, 6.45) is 3.66. The number of likely N-dealkylation sites (N-methyl/N-ethyl adjacent to an activating group) is 1. The van der Waals surface area contributed by atoms with Crippen LogP contribution in [-0.2, 0) is 0 Å². The molecule has 3 nitrogen and oxygen atoms in total. The molecule has 0 aliphatic heterocycles. The lowest BCUT2D eigenvalue weighted by Gasteiger charge is -2.26. The second-order valence-electron chi connectivity index (χ2n) is 4.94. The average molecular weight is 199 g/mol. The molecule has 0 amide bonds. The minimum atomic E-state index is 0.168. The first-order valence-electron chi connectivity index (χ1n) is 5.72. The Bertz CT molecular complexity index is 164. The van der Waals surface area contributed by atoms with E-state index in [9.17, 15) is 0 Å². The molecular formula is C11H25N3. The third-order valence-corrected chi connectivity index (χ3v) is 2.83. The van der Waals surface area contributed by atoms with Gasteiger partial charge in [-0.2, -0.15) is 0 Å². The van der Waals surface area contributed by atoms with Crippen molar-refractivity contribution in [1.82, 2.24) is 9.80 Å². The molecule has 1 aliphatic rings. The van der Waals surface area contributed by atoms with Gasteiger partial charge in [0, 0.05) is 25.2 Å². The van der Waals surface area contributed by atoms with Crippen molar-refractivity contribution in [3.8, 4) is 0 Å². The van der Waals surface area contributed by atoms with Crippen molar-refractivity contribution in [1.29, 1.82) is 0 Å². The quantitative estimate of drug-likeness (QED) is 0.657. The standard InChI is InChI=1S/C11H25N3/c1-4-7-14(9-8-13(2)3)10-11(12)5-6-11/h4-10,12H2,1-3H3. The molecule has 0 aromatic rings. The number of hydrogen-bond donors (Lipinski definition) is 1. The van der Waals surface area contributed by atoms with Gasteiger partial charge < -0.3 is 15.5 Å². The molecule has 0 saturated heterocycles. The smallest absolute Gasteiger partial charge is 0.0284 e. The summed E-state index contributed by atoms with van der Waals surface area (Å²) in [5.74, 6) is 0. The van der Waals surface area contributed by atoms with Crippen LogP contribution in [-0.4, -0.2) is 55.6 Å². The number of nitrogens with zero attached hydrogens (tertiary/aromatic N) is 2. The first kappa shape index (κ1) is 12.0. The maximum atomic E-state index is 6.13. The topological polar surface area (TPSA) is 32.5 Å². The number of hydrogen-bond acceptors (Lipinski definition) is 3. The Kier molecular flexibility index (Phi) is 4.35. The van der Waals surface area contributed by atoms with Crippen molar-refractivity contribution < 1.29 is 0 Å². The molecule has 0 radical (unpaired) electrons. The lowest BCUT2D eigenvalue weighted by atomic mass is 10.2. The van der Waals surface area contributed by atoms with Crippen LogP contribution >= 0.6 is 0 Å². The van der Waals surface area contributed by atoms with Gasteiger partial charge >= 0.3 is 0 Å². The summed E-state index contributed by atoms with van der Waals surface area (Å²) in [6, 6.07) is 0. The van der Waals surface area contributed by atoms with Crippen LogP contribution in [0.4, 0.5) is 0 Å². The fraction of sp³-hybridized carbons (Fsp3) is 1.00. The largest absolute Gasteiger partial charge is 0.324 e. The van der Waals surface area contributed by atoms with Gasteiger partial charge in [-0.3, -0.25) is 0 Å². The molecule has 0 aromatic carbocycles. The minimum absolute atomic E-state index is 0.168.